The van der Waals surface area contributed by atoms with E-state index < -0.39 is 35.5 Å². The molecule has 0 saturated heterocycles. The van der Waals surface area contributed by atoms with Crippen molar-refractivity contribution in [3.05, 3.63) is 35.4 Å². The maximum Gasteiger partial charge on any atom is 0.338 e. The van der Waals surface area contributed by atoms with Gasteiger partial charge in [-0.25, -0.2) is 9.18 Å². The zero-order chi connectivity index (χ0) is 18.1. The first-order valence-electron chi connectivity index (χ1n) is 7.50. The van der Waals surface area contributed by atoms with Crippen LogP contribution in [0.15, 0.2) is 24.3 Å². The second-order valence-electron chi connectivity index (χ2n) is 5.13. The predicted octanol–water partition coefficient (Wildman–Crippen LogP) is 2.93. The average Bonchev–Trinajstić information content (AvgIpc) is 2.59. The molecule has 5 nitrogen and oxygen atoms in total. The summed E-state index contributed by atoms with van der Waals surface area (Å²) in [5.41, 5.74) is 0.660. The van der Waals surface area contributed by atoms with Gasteiger partial charge in [-0.05, 0) is 24.1 Å². The van der Waals surface area contributed by atoms with Gasteiger partial charge in [0, 0.05) is 0 Å². The molecule has 0 spiro atoms. The van der Waals surface area contributed by atoms with E-state index in [0.29, 0.717) is 17.7 Å². The standard InChI is InChI=1S/C16H20Cl2FNO4/c1-2-3-8-24-16(23)11-6-4-10(5-7-11)13(21)12(9-19)20-15(22)14(17)18/h4-7,12-14,21H,2-3,8-9H2,1H3,(H,20,22)/t12-,13?/m1/s1. The average molecular weight is 380 g/mol. The third-order valence-electron chi connectivity index (χ3n) is 3.29. The first-order valence-corrected chi connectivity index (χ1v) is 8.37. The molecule has 24 heavy (non-hydrogen) atoms. The molecule has 2 N–H and O–H groups in total. The van der Waals surface area contributed by atoms with Crippen LogP contribution in [0.25, 0.3) is 0 Å². The summed E-state index contributed by atoms with van der Waals surface area (Å²) in [5.74, 6) is -1.26. The Morgan fingerprint density at radius 2 is 1.92 bits per heavy atom. The summed E-state index contributed by atoms with van der Waals surface area (Å²) >= 11 is 10.8. The van der Waals surface area contributed by atoms with E-state index >= 15 is 0 Å². The Hall–Kier alpha value is -1.37. The molecule has 0 aliphatic rings. The number of halogens is 3. The van der Waals surface area contributed by atoms with Crippen LogP contribution in [0.2, 0.25) is 0 Å². The van der Waals surface area contributed by atoms with Gasteiger partial charge >= 0.3 is 5.97 Å². The Kier molecular flexibility index (Phi) is 9.03. The van der Waals surface area contributed by atoms with Crippen molar-refractivity contribution in [1.82, 2.24) is 5.32 Å². The summed E-state index contributed by atoms with van der Waals surface area (Å²) in [4.78, 5) is 21.8. The SMILES string of the molecule is CCCCOC(=O)c1ccc(C(O)[C@@H](CF)NC(=O)C(Cl)Cl)cc1. The Labute approximate surface area is 150 Å². The number of esters is 1. The highest BCUT2D eigenvalue weighted by atomic mass is 35.5. The molecule has 0 aromatic heterocycles. The van der Waals surface area contributed by atoms with E-state index in [9.17, 15) is 19.1 Å². The monoisotopic (exact) mass is 379 g/mol. The smallest absolute Gasteiger partial charge is 0.338 e. The van der Waals surface area contributed by atoms with Gasteiger partial charge in [0.1, 0.15) is 12.8 Å². The van der Waals surface area contributed by atoms with Gasteiger partial charge in [-0.3, -0.25) is 4.79 Å². The van der Waals surface area contributed by atoms with Crippen LogP contribution >= 0.6 is 23.2 Å². The molecule has 0 bridgehead atoms. The van der Waals surface area contributed by atoms with Gasteiger partial charge in [0.25, 0.3) is 5.91 Å². The molecule has 134 valence electrons. The number of aliphatic hydroxyl groups excluding tert-OH is 1. The molecule has 1 rings (SSSR count). The number of nitrogens with one attached hydrogen (secondary N) is 1. The zero-order valence-corrected chi connectivity index (χ0v) is 14.7. The van der Waals surface area contributed by atoms with Crippen LogP contribution < -0.4 is 5.32 Å². The van der Waals surface area contributed by atoms with Gasteiger partial charge in [-0.1, -0.05) is 48.7 Å². The quantitative estimate of drug-likeness (QED) is 0.393. The fourth-order valence-corrected chi connectivity index (χ4v) is 2.01. The van der Waals surface area contributed by atoms with E-state index in [1.54, 1.807) is 0 Å². The van der Waals surface area contributed by atoms with Crippen molar-refractivity contribution in [3.8, 4) is 0 Å². The maximum atomic E-state index is 13.1. The van der Waals surface area contributed by atoms with Crippen molar-refractivity contribution in [1.29, 1.82) is 0 Å². The number of ether oxygens (including phenoxy) is 1. The lowest BCUT2D eigenvalue weighted by Crippen LogP contribution is -2.43. The number of benzene rings is 1. The first kappa shape index (κ1) is 20.7. The van der Waals surface area contributed by atoms with Gasteiger partial charge in [0.15, 0.2) is 4.84 Å². The summed E-state index contributed by atoms with van der Waals surface area (Å²) < 4.78 is 18.1. The number of alkyl halides is 3. The summed E-state index contributed by atoms with van der Waals surface area (Å²) in [6, 6.07) is 4.68. The number of amides is 1. The number of hydrogen-bond acceptors (Lipinski definition) is 4. The lowest BCUT2D eigenvalue weighted by Gasteiger charge is -2.22. The van der Waals surface area contributed by atoms with E-state index in [-0.39, 0.29) is 0 Å². The number of unbranched alkanes of at least 4 members (excludes halogenated alkanes) is 1. The largest absolute Gasteiger partial charge is 0.462 e. The van der Waals surface area contributed by atoms with Crippen molar-refractivity contribution < 1.29 is 23.8 Å². The molecule has 0 heterocycles. The molecule has 1 amide bonds. The number of carbonyl (C=O) groups excluding carboxylic acids is 2. The maximum absolute atomic E-state index is 13.1. The Morgan fingerprint density at radius 3 is 2.42 bits per heavy atom. The van der Waals surface area contributed by atoms with Gasteiger partial charge in [0.2, 0.25) is 0 Å². The van der Waals surface area contributed by atoms with E-state index in [1.807, 2.05) is 6.92 Å². The van der Waals surface area contributed by atoms with Crippen LogP contribution in [0.3, 0.4) is 0 Å². The predicted molar refractivity (Wildman–Crippen MR) is 90.0 cm³/mol. The minimum Gasteiger partial charge on any atom is -0.462 e. The highest BCUT2D eigenvalue weighted by Gasteiger charge is 2.25. The van der Waals surface area contributed by atoms with Crippen molar-refractivity contribution in [2.45, 2.75) is 36.7 Å². The van der Waals surface area contributed by atoms with Gasteiger partial charge in [-0.15, -0.1) is 0 Å². The Morgan fingerprint density at radius 1 is 1.29 bits per heavy atom. The molecular weight excluding hydrogens is 360 g/mol. The molecule has 0 aliphatic heterocycles. The topological polar surface area (TPSA) is 75.6 Å². The molecule has 1 unspecified atom stereocenters. The molecular formula is C16H20Cl2FNO4. The molecule has 8 heteroatoms. The second-order valence-corrected chi connectivity index (χ2v) is 6.22. The summed E-state index contributed by atoms with van der Waals surface area (Å²) in [5, 5.41) is 12.4. The third-order valence-corrected chi connectivity index (χ3v) is 3.69. The third kappa shape index (κ3) is 6.26. The number of aliphatic hydroxyl groups is 1. The normalized spacial score (nSPS) is 13.4. The molecule has 0 fully saturated rings. The van der Waals surface area contributed by atoms with Crippen molar-refractivity contribution >= 4 is 35.1 Å². The summed E-state index contributed by atoms with van der Waals surface area (Å²) in [7, 11) is 0. The molecule has 1 aromatic rings. The van der Waals surface area contributed by atoms with Crippen molar-refractivity contribution in [2.24, 2.45) is 0 Å². The first-order chi connectivity index (χ1) is 11.4. The minimum atomic E-state index is -1.36. The Balaban J connectivity index is 2.72. The van der Waals surface area contributed by atoms with Crippen LogP contribution in [0.5, 0.6) is 0 Å². The van der Waals surface area contributed by atoms with Crippen LogP contribution in [0, 0.1) is 0 Å². The van der Waals surface area contributed by atoms with Gasteiger partial charge < -0.3 is 15.2 Å². The molecule has 0 aliphatic carbocycles. The minimum absolute atomic E-state index is 0.324. The summed E-state index contributed by atoms with van der Waals surface area (Å²) in [6.07, 6.45) is 0.388. The van der Waals surface area contributed by atoms with E-state index in [2.05, 4.69) is 5.32 Å². The van der Waals surface area contributed by atoms with Crippen LogP contribution in [-0.2, 0) is 9.53 Å². The number of hydrogen-bond donors (Lipinski definition) is 2. The Bertz CT molecular complexity index is 539. The fraction of sp³-hybridized carbons (Fsp3) is 0.500. The number of rotatable bonds is 9. The summed E-state index contributed by atoms with van der Waals surface area (Å²) in [6.45, 7) is 1.32. The molecule has 0 saturated carbocycles. The highest BCUT2D eigenvalue weighted by Crippen LogP contribution is 2.19. The van der Waals surface area contributed by atoms with Crippen LogP contribution in [-0.4, -0.2) is 41.1 Å². The fourth-order valence-electron chi connectivity index (χ4n) is 1.89. The zero-order valence-electron chi connectivity index (χ0n) is 13.2. The highest BCUT2D eigenvalue weighted by molar-refractivity contribution is 6.53. The van der Waals surface area contributed by atoms with E-state index in [1.165, 1.54) is 24.3 Å². The van der Waals surface area contributed by atoms with E-state index in [0.717, 1.165) is 12.8 Å². The van der Waals surface area contributed by atoms with Crippen molar-refractivity contribution in [2.75, 3.05) is 13.3 Å². The van der Waals surface area contributed by atoms with Crippen molar-refractivity contribution in [3.63, 3.8) is 0 Å². The van der Waals surface area contributed by atoms with Crippen LogP contribution in [0.1, 0.15) is 41.8 Å². The molecule has 1 aromatic carbocycles. The lowest BCUT2D eigenvalue weighted by molar-refractivity contribution is -0.121. The lowest BCUT2D eigenvalue weighted by atomic mass is 10.0. The molecule has 0 radical (unpaired) electrons. The second kappa shape index (κ2) is 10.5. The van der Waals surface area contributed by atoms with Gasteiger partial charge in [0.05, 0.1) is 18.2 Å². The van der Waals surface area contributed by atoms with Crippen LogP contribution in [0.4, 0.5) is 4.39 Å². The van der Waals surface area contributed by atoms with Gasteiger partial charge in [-0.2, -0.15) is 0 Å². The van der Waals surface area contributed by atoms with E-state index in [4.69, 9.17) is 27.9 Å². The molecule has 2 atom stereocenters. The number of carbonyl (C=O) groups is 2.